The van der Waals surface area contributed by atoms with Crippen LogP contribution in [-0.2, 0) is 25.1 Å². The highest BCUT2D eigenvalue weighted by Gasteiger charge is 2.47. The molecular formula is C19H16F2O5S. The first-order valence-electron chi connectivity index (χ1n) is 7.85. The van der Waals surface area contributed by atoms with Crippen LogP contribution in [0, 0.1) is 11.6 Å². The van der Waals surface area contributed by atoms with Crippen LogP contribution in [0.25, 0.3) is 5.57 Å². The highest BCUT2D eigenvalue weighted by molar-refractivity contribution is 7.84. The highest BCUT2D eigenvalue weighted by atomic mass is 32.2. The van der Waals surface area contributed by atoms with E-state index in [-0.39, 0.29) is 17.1 Å². The molecule has 0 amide bonds. The second-order valence-electron chi connectivity index (χ2n) is 5.90. The molecule has 27 heavy (non-hydrogen) atoms. The number of hydrogen-bond acceptors (Lipinski definition) is 5. The summed E-state index contributed by atoms with van der Waals surface area (Å²) in [6.45, 7) is 1.54. The van der Waals surface area contributed by atoms with Crippen LogP contribution in [0.15, 0.2) is 53.1 Å². The number of hydrogen-bond donors (Lipinski definition) is 0. The molecule has 0 spiro atoms. The molecule has 3 rings (SSSR count). The fourth-order valence-electron chi connectivity index (χ4n) is 2.68. The van der Waals surface area contributed by atoms with Gasteiger partial charge < -0.3 is 14.2 Å². The molecule has 0 bridgehead atoms. The number of methoxy groups -OCH3 is 1. The Balaban J connectivity index is 2.10. The summed E-state index contributed by atoms with van der Waals surface area (Å²) >= 11 is 0. The molecule has 0 aliphatic carbocycles. The average Bonchev–Trinajstić information content (AvgIpc) is 2.89. The number of benzene rings is 2. The van der Waals surface area contributed by atoms with Gasteiger partial charge in [0.05, 0.1) is 5.57 Å². The van der Waals surface area contributed by atoms with Gasteiger partial charge in [0.2, 0.25) is 11.5 Å². The van der Waals surface area contributed by atoms with Crippen LogP contribution in [0.3, 0.4) is 0 Å². The van der Waals surface area contributed by atoms with Crippen LogP contribution >= 0.6 is 0 Å². The van der Waals surface area contributed by atoms with E-state index in [0.717, 1.165) is 12.1 Å². The van der Waals surface area contributed by atoms with Crippen molar-refractivity contribution in [2.75, 3.05) is 13.4 Å². The predicted octanol–water partition coefficient (Wildman–Crippen LogP) is 3.41. The summed E-state index contributed by atoms with van der Waals surface area (Å²) in [6.07, 6.45) is 1.55. The summed E-state index contributed by atoms with van der Waals surface area (Å²) < 4.78 is 54.4. The Kier molecular flexibility index (Phi) is 5.12. The highest BCUT2D eigenvalue weighted by Crippen LogP contribution is 2.41. The van der Waals surface area contributed by atoms with E-state index in [4.69, 9.17) is 14.2 Å². The van der Waals surface area contributed by atoms with Crippen molar-refractivity contribution in [2.24, 2.45) is 0 Å². The second-order valence-corrected chi connectivity index (χ2v) is 7.28. The number of carbonyl (C=O) groups excluding carboxylic acids is 1. The molecule has 0 aromatic heterocycles. The van der Waals surface area contributed by atoms with Gasteiger partial charge in [0.15, 0.2) is 11.6 Å². The summed E-state index contributed by atoms with van der Waals surface area (Å²) in [5.74, 6) is -4.64. The van der Waals surface area contributed by atoms with E-state index < -0.39 is 34.2 Å². The average molecular weight is 394 g/mol. The molecule has 2 aromatic rings. The molecule has 0 fully saturated rings. The molecule has 2 aromatic carbocycles. The molecule has 0 N–H and O–H groups in total. The van der Waals surface area contributed by atoms with Gasteiger partial charge in [0, 0.05) is 42.1 Å². The largest absolute Gasteiger partial charge is 0.449 e. The monoisotopic (exact) mass is 394 g/mol. The molecule has 0 saturated heterocycles. The van der Waals surface area contributed by atoms with Gasteiger partial charge in [0.1, 0.15) is 5.75 Å². The molecule has 0 saturated carbocycles. The number of cyclic esters (lactones) is 1. The Morgan fingerprint density at radius 3 is 2.30 bits per heavy atom. The van der Waals surface area contributed by atoms with E-state index in [9.17, 15) is 17.8 Å². The summed E-state index contributed by atoms with van der Waals surface area (Å²) in [4.78, 5) is 13.0. The number of rotatable bonds is 5. The van der Waals surface area contributed by atoms with E-state index in [1.807, 2.05) is 0 Å². The Bertz CT molecular complexity index is 955. The normalized spacial score (nSPS) is 20.6. The Hall–Kier alpha value is -2.58. The van der Waals surface area contributed by atoms with Gasteiger partial charge >= 0.3 is 5.97 Å². The number of halogens is 2. The maximum Gasteiger partial charge on any atom is 0.377 e. The quantitative estimate of drug-likeness (QED) is 0.728. The second kappa shape index (κ2) is 7.21. The maximum atomic E-state index is 13.5. The molecule has 2 atom stereocenters. The van der Waals surface area contributed by atoms with Gasteiger partial charge in [-0.05, 0) is 29.8 Å². The first kappa shape index (κ1) is 19.2. The van der Waals surface area contributed by atoms with Crippen LogP contribution in [0.1, 0.15) is 12.5 Å². The number of esters is 1. The van der Waals surface area contributed by atoms with E-state index in [1.54, 1.807) is 30.5 Å². The molecule has 1 aliphatic rings. The lowest BCUT2D eigenvalue weighted by Crippen LogP contribution is -2.29. The minimum absolute atomic E-state index is 0.0648. The third-order valence-corrected chi connectivity index (χ3v) is 5.07. The van der Waals surface area contributed by atoms with Crippen molar-refractivity contribution < 1.29 is 32.0 Å². The Morgan fingerprint density at radius 1 is 1.07 bits per heavy atom. The van der Waals surface area contributed by atoms with Crippen LogP contribution in [-0.4, -0.2) is 29.3 Å². The van der Waals surface area contributed by atoms with Crippen LogP contribution in [0.5, 0.6) is 5.75 Å². The van der Waals surface area contributed by atoms with Crippen molar-refractivity contribution in [3.05, 3.63) is 65.4 Å². The topological polar surface area (TPSA) is 61.8 Å². The zero-order valence-electron chi connectivity index (χ0n) is 14.7. The third kappa shape index (κ3) is 3.63. The van der Waals surface area contributed by atoms with E-state index >= 15 is 0 Å². The molecule has 142 valence electrons. The van der Waals surface area contributed by atoms with Gasteiger partial charge in [-0.3, -0.25) is 4.21 Å². The van der Waals surface area contributed by atoms with Crippen LogP contribution in [0.2, 0.25) is 0 Å². The van der Waals surface area contributed by atoms with Crippen molar-refractivity contribution >= 4 is 22.3 Å². The Morgan fingerprint density at radius 2 is 1.74 bits per heavy atom. The van der Waals surface area contributed by atoms with Crippen molar-refractivity contribution in [1.82, 2.24) is 0 Å². The zero-order chi connectivity index (χ0) is 19.8. The lowest BCUT2D eigenvalue weighted by atomic mass is 9.98. The standard InChI is InChI=1S/C19H16F2O5S/c1-19(24-2)16(11-4-7-13(8-5-11)27(3)23)17(18(22)26-19)25-12-6-9-14(20)15(21)10-12/h4-10H,1-3H3. The fourth-order valence-corrected chi connectivity index (χ4v) is 3.20. The van der Waals surface area contributed by atoms with Crippen molar-refractivity contribution in [3.63, 3.8) is 0 Å². The minimum atomic E-state index is -1.43. The molecule has 1 heterocycles. The summed E-state index contributed by atoms with van der Waals surface area (Å²) in [5, 5.41) is 0. The fraction of sp³-hybridized carbons (Fsp3) is 0.211. The van der Waals surface area contributed by atoms with Crippen LogP contribution < -0.4 is 4.74 Å². The maximum absolute atomic E-state index is 13.5. The zero-order valence-corrected chi connectivity index (χ0v) is 15.6. The van der Waals surface area contributed by atoms with Crippen molar-refractivity contribution in [1.29, 1.82) is 0 Å². The van der Waals surface area contributed by atoms with Crippen molar-refractivity contribution in [2.45, 2.75) is 17.6 Å². The van der Waals surface area contributed by atoms with Crippen LogP contribution in [0.4, 0.5) is 8.78 Å². The summed E-state index contributed by atoms with van der Waals surface area (Å²) in [5.41, 5.74) is 0.824. The van der Waals surface area contributed by atoms with E-state index in [0.29, 0.717) is 10.5 Å². The molecule has 2 unspecified atom stereocenters. The molecular weight excluding hydrogens is 378 g/mol. The van der Waals surface area contributed by atoms with Crippen molar-refractivity contribution in [3.8, 4) is 5.75 Å². The smallest absolute Gasteiger partial charge is 0.377 e. The molecule has 1 aliphatic heterocycles. The first-order chi connectivity index (χ1) is 12.7. The third-order valence-electron chi connectivity index (χ3n) is 4.13. The van der Waals surface area contributed by atoms with Gasteiger partial charge in [-0.2, -0.15) is 0 Å². The number of ether oxygens (including phenoxy) is 3. The summed E-state index contributed by atoms with van der Waals surface area (Å²) in [6, 6.07) is 9.52. The SMILES string of the molecule is COC1(C)OC(=O)C(Oc2ccc(F)c(F)c2)=C1c1ccc(S(C)=O)cc1. The van der Waals surface area contributed by atoms with Gasteiger partial charge in [-0.25, -0.2) is 13.6 Å². The summed E-state index contributed by atoms with van der Waals surface area (Å²) in [7, 11) is 0.199. The van der Waals surface area contributed by atoms with Gasteiger partial charge in [-0.15, -0.1) is 0 Å². The van der Waals surface area contributed by atoms with Gasteiger partial charge in [0.25, 0.3) is 0 Å². The first-order valence-corrected chi connectivity index (χ1v) is 9.41. The lowest BCUT2D eigenvalue weighted by Gasteiger charge is -2.24. The number of carbonyl (C=O) groups is 1. The Labute approximate surface area is 157 Å². The van der Waals surface area contributed by atoms with E-state index in [1.165, 1.54) is 20.1 Å². The molecule has 0 radical (unpaired) electrons. The van der Waals surface area contributed by atoms with Gasteiger partial charge in [-0.1, -0.05) is 12.1 Å². The lowest BCUT2D eigenvalue weighted by molar-refractivity contribution is -0.180. The molecule has 5 nitrogen and oxygen atoms in total. The minimum Gasteiger partial charge on any atom is -0.449 e. The molecule has 8 heteroatoms. The van der Waals surface area contributed by atoms with E-state index in [2.05, 4.69) is 0 Å². The predicted molar refractivity (Wildman–Crippen MR) is 94.2 cm³/mol.